The van der Waals surface area contributed by atoms with Gasteiger partial charge in [-0.15, -0.1) is 0 Å². The number of hydrogen-bond acceptors (Lipinski definition) is 2. The number of aromatic amines is 1. The van der Waals surface area contributed by atoms with E-state index >= 15 is 0 Å². The Balaban J connectivity index is 1.67. The van der Waals surface area contributed by atoms with Crippen LogP contribution in [0.25, 0.3) is 22.6 Å². The van der Waals surface area contributed by atoms with Gasteiger partial charge >= 0.3 is 5.97 Å². The second-order valence-corrected chi connectivity index (χ2v) is 8.17. The number of aromatic nitrogens is 2. The summed E-state index contributed by atoms with van der Waals surface area (Å²) in [5.74, 6) is 0.759. The van der Waals surface area contributed by atoms with E-state index in [1.165, 1.54) is 24.1 Å². The molecule has 4 nitrogen and oxygen atoms in total. The van der Waals surface area contributed by atoms with Crippen LogP contribution in [0.1, 0.15) is 67.1 Å². The van der Waals surface area contributed by atoms with Gasteiger partial charge in [0.05, 0.1) is 17.0 Å². The van der Waals surface area contributed by atoms with E-state index in [2.05, 4.69) is 37.9 Å². The lowest BCUT2D eigenvalue weighted by Gasteiger charge is -2.31. The highest BCUT2D eigenvalue weighted by Gasteiger charge is 2.28. The maximum absolute atomic E-state index is 11.0. The van der Waals surface area contributed by atoms with Crippen LogP contribution in [-0.4, -0.2) is 21.0 Å². The first kappa shape index (κ1) is 18.5. The molecule has 0 spiro atoms. The van der Waals surface area contributed by atoms with Crippen LogP contribution in [0.2, 0.25) is 0 Å². The van der Waals surface area contributed by atoms with Gasteiger partial charge in [-0.3, -0.25) is 4.98 Å². The zero-order valence-electron chi connectivity index (χ0n) is 16.6. The zero-order chi connectivity index (χ0) is 19.8. The number of carbonyl (C=O) groups is 1. The minimum absolute atomic E-state index is 0.292. The maximum atomic E-state index is 11.0. The number of nitrogens with one attached hydrogen (secondary N) is 1. The van der Waals surface area contributed by atoms with Crippen LogP contribution in [0, 0.1) is 5.92 Å². The number of pyridine rings is 1. The Hall–Kier alpha value is -2.88. The molecule has 2 atom stereocenters. The molecular weight excluding hydrogens is 348 g/mol. The number of rotatable bonds is 4. The lowest BCUT2D eigenvalue weighted by Crippen LogP contribution is -2.19. The van der Waals surface area contributed by atoms with E-state index < -0.39 is 5.97 Å². The summed E-state index contributed by atoms with van der Waals surface area (Å²) in [5.41, 5.74) is 6.81. The standard InChI is InChI=1S/C24H26N2O2/c1-14(2)18-9-4-15(3)19-10-11-22(26-23(18)19)21-13-12-20(25-21)16-5-7-17(8-6-16)24(27)28/h5-8,10-15,18,25H,4,9H2,1-3H3,(H,27,28). The number of aromatic carboxylic acids is 1. The molecule has 0 amide bonds. The normalized spacial score (nSPS) is 18.9. The summed E-state index contributed by atoms with van der Waals surface area (Å²) >= 11 is 0. The van der Waals surface area contributed by atoms with Gasteiger partial charge in [0, 0.05) is 17.3 Å². The molecule has 144 valence electrons. The third-order valence-electron chi connectivity index (χ3n) is 5.96. The molecule has 2 N–H and O–H groups in total. The van der Waals surface area contributed by atoms with Crippen molar-refractivity contribution in [2.24, 2.45) is 5.92 Å². The smallest absolute Gasteiger partial charge is 0.335 e. The van der Waals surface area contributed by atoms with Gasteiger partial charge in [0.2, 0.25) is 0 Å². The Morgan fingerprint density at radius 3 is 2.43 bits per heavy atom. The number of nitrogens with zero attached hydrogens (tertiary/aromatic N) is 1. The molecule has 0 fully saturated rings. The van der Waals surface area contributed by atoms with Crippen LogP contribution in [-0.2, 0) is 0 Å². The van der Waals surface area contributed by atoms with Gasteiger partial charge in [0.1, 0.15) is 0 Å². The molecule has 0 aliphatic heterocycles. The molecule has 4 rings (SSSR count). The van der Waals surface area contributed by atoms with Crippen LogP contribution in [0.4, 0.5) is 0 Å². The average molecular weight is 374 g/mol. The molecule has 1 aliphatic carbocycles. The topological polar surface area (TPSA) is 66.0 Å². The van der Waals surface area contributed by atoms with E-state index in [0.29, 0.717) is 23.3 Å². The van der Waals surface area contributed by atoms with Crippen molar-refractivity contribution in [3.05, 3.63) is 65.4 Å². The summed E-state index contributed by atoms with van der Waals surface area (Å²) in [6, 6.07) is 15.3. The van der Waals surface area contributed by atoms with Crippen LogP contribution in [0.15, 0.2) is 48.5 Å². The van der Waals surface area contributed by atoms with Crippen molar-refractivity contribution >= 4 is 5.97 Å². The fourth-order valence-corrected chi connectivity index (χ4v) is 4.23. The van der Waals surface area contributed by atoms with Gasteiger partial charge in [-0.1, -0.05) is 39.0 Å². The number of benzene rings is 1. The van der Waals surface area contributed by atoms with E-state index in [1.54, 1.807) is 12.1 Å². The lowest BCUT2D eigenvalue weighted by atomic mass is 9.75. The summed E-state index contributed by atoms with van der Waals surface area (Å²) in [6.45, 7) is 6.86. The highest BCUT2D eigenvalue weighted by Crippen LogP contribution is 2.42. The minimum Gasteiger partial charge on any atom is -0.478 e. The Bertz CT molecular complexity index is 1000. The van der Waals surface area contributed by atoms with Crippen LogP contribution >= 0.6 is 0 Å². The van der Waals surface area contributed by atoms with Gasteiger partial charge < -0.3 is 10.1 Å². The van der Waals surface area contributed by atoms with Crippen molar-refractivity contribution in [1.29, 1.82) is 0 Å². The molecule has 3 aromatic rings. The molecule has 0 saturated heterocycles. The molecule has 2 unspecified atom stereocenters. The summed E-state index contributed by atoms with van der Waals surface area (Å²) in [7, 11) is 0. The zero-order valence-corrected chi connectivity index (χ0v) is 16.6. The second-order valence-electron chi connectivity index (χ2n) is 8.17. The Labute approximate surface area is 165 Å². The van der Waals surface area contributed by atoms with Gasteiger partial charge in [0.25, 0.3) is 0 Å². The number of fused-ring (bicyclic) bond motifs is 1. The number of H-pyrrole nitrogens is 1. The van der Waals surface area contributed by atoms with Crippen molar-refractivity contribution in [2.45, 2.75) is 45.4 Å². The number of carboxylic acid groups (broad SMARTS) is 1. The molecule has 0 saturated carbocycles. The van der Waals surface area contributed by atoms with Crippen molar-refractivity contribution in [2.75, 3.05) is 0 Å². The largest absolute Gasteiger partial charge is 0.478 e. The first-order valence-electron chi connectivity index (χ1n) is 9.98. The minimum atomic E-state index is -0.911. The predicted octanol–water partition coefficient (Wildman–Crippen LogP) is 6.08. The molecule has 0 radical (unpaired) electrons. The monoisotopic (exact) mass is 374 g/mol. The Morgan fingerprint density at radius 1 is 1.04 bits per heavy atom. The molecule has 1 aromatic carbocycles. The molecular formula is C24H26N2O2. The summed E-state index contributed by atoms with van der Waals surface area (Å²) in [5, 5.41) is 9.06. The van der Waals surface area contributed by atoms with Gasteiger partial charge in [-0.05, 0) is 66.1 Å². The molecule has 2 heterocycles. The quantitative estimate of drug-likeness (QED) is 0.582. The third kappa shape index (κ3) is 3.35. The van der Waals surface area contributed by atoms with Gasteiger partial charge in [-0.25, -0.2) is 4.79 Å². The molecule has 2 aromatic heterocycles. The van der Waals surface area contributed by atoms with Crippen molar-refractivity contribution < 1.29 is 9.90 Å². The molecule has 0 bridgehead atoms. The number of hydrogen-bond donors (Lipinski definition) is 2. The van der Waals surface area contributed by atoms with Crippen molar-refractivity contribution in [3.8, 4) is 22.6 Å². The molecule has 1 aliphatic rings. The molecule has 28 heavy (non-hydrogen) atoms. The van der Waals surface area contributed by atoms with Gasteiger partial charge in [-0.2, -0.15) is 0 Å². The Morgan fingerprint density at radius 2 is 1.75 bits per heavy atom. The summed E-state index contributed by atoms with van der Waals surface area (Å²) in [6.07, 6.45) is 2.43. The highest BCUT2D eigenvalue weighted by atomic mass is 16.4. The Kier molecular flexibility index (Phi) is 4.80. The van der Waals surface area contributed by atoms with E-state index in [1.807, 2.05) is 24.3 Å². The van der Waals surface area contributed by atoms with E-state index in [4.69, 9.17) is 10.1 Å². The van der Waals surface area contributed by atoms with Crippen molar-refractivity contribution in [3.63, 3.8) is 0 Å². The van der Waals surface area contributed by atoms with Crippen molar-refractivity contribution in [1.82, 2.24) is 9.97 Å². The SMILES string of the molecule is CC1CCC(C(C)C)c2nc(-c3ccc(-c4ccc(C(=O)O)cc4)[nH]3)ccc21. The fraction of sp³-hybridized carbons (Fsp3) is 0.333. The van der Waals surface area contributed by atoms with Gasteiger partial charge in [0.15, 0.2) is 0 Å². The maximum Gasteiger partial charge on any atom is 0.335 e. The first-order chi connectivity index (χ1) is 13.4. The molecule has 4 heteroatoms. The van der Waals surface area contributed by atoms with E-state index in [9.17, 15) is 4.79 Å². The highest BCUT2D eigenvalue weighted by molar-refractivity contribution is 5.88. The number of carboxylic acids is 1. The second kappa shape index (κ2) is 7.27. The first-order valence-corrected chi connectivity index (χ1v) is 9.98. The van der Waals surface area contributed by atoms with Crippen LogP contribution in [0.5, 0.6) is 0 Å². The van der Waals surface area contributed by atoms with Crippen LogP contribution < -0.4 is 0 Å². The van der Waals surface area contributed by atoms with E-state index in [0.717, 1.165) is 22.6 Å². The fourth-order valence-electron chi connectivity index (χ4n) is 4.23. The predicted molar refractivity (Wildman–Crippen MR) is 112 cm³/mol. The summed E-state index contributed by atoms with van der Waals surface area (Å²) in [4.78, 5) is 19.6. The van der Waals surface area contributed by atoms with Crippen LogP contribution in [0.3, 0.4) is 0 Å². The van der Waals surface area contributed by atoms with E-state index in [-0.39, 0.29) is 0 Å². The third-order valence-corrected chi connectivity index (χ3v) is 5.96. The summed E-state index contributed by atoms with van der Waals surface area (Å²) < 4.78 is 0. The lowest BCUT2D eigenvalue weighted by molar-refractivity contribution is 0.0697. The average Bonchev–Trinajstić information content (AvgIpc) is 3.18.